The zero-order valence-electron chi connectivity index (χ0n) is 9.07. The number of thiol groups is 1. The molecular weight excluding hydrogens is 206 g/mol. The molecule has 82 valence electrons. The average molecular weight is 223 g/mol. The molecule has 0 atom stereocenters. The highest BCUT2D eigenvalue weighted by Gasteiger charge is 2.07. The van der Waals surface area contributed by atoms with Gasteiger partial charge in [-0.3, -0.25) is 9.78 Å². The molecule has 0 saturated heterocycles. The summed E-state index contributed by atoms with van der Waals surface area (Å²) in [7, 11) is 0. The van der Waals surface area contributed by atoms with Crippen LogP contribution in [0.25, 0.3) is 0 Å². The van der Waals surface area contributed by atoms with E-state index in [2.05, 4.69) is 24.5 Å². The van der Waals surface area contributed by atoms with Gasteiger partial charge in [0.2, 0.25) is 5.12 Å². The first-order valence-electron chi connectivity index (χ1n) is 5.43. The van der Waals surface area contributed by atoms with E-state index in [0.717, 1.165) is 18.5 Å². The first-order valence-corrected chi connectivity index (χ1v) is 5.87. The second-order valence-electron chi connectivity index (χ2n) is 3.61. The Labute approximate surface area is 96.5 Å². The van der Waals surface area contributed by atoms with Crippen LogP contribution in [0.4, 0.5) is 0 Å². The van der Waals surface area contributed by atoms with Crippen LogP contribution in [0.1, 0.15) is 48.7 Å². The van der Waals surface area contributed by atoms with Crippen molar-refractivity contribution in [1.29, 1.82) is 0 Å². The Bertz CT molecular complexity index is 325. The Morgan fingerprint density at radius 3 is 2.87 bits per heavy atom. The fourth-order valence-corrected chi connectivity index (χ4v) is 1.75. The Kier molecular flexibility index (Phi) is 5.40. The van der Waals surface area contributed by atoms with Crippen molar-refractivity contribution in [2.24, 2.45) is 0 Å². The van der Waals surface area contributed by atoms with Crippen LogP contribution in [-0.4, -0.2) is 10.1 Å². The first kappa shape index (κ1) is 12.2. The standard InChI is InChI=1S/C12H17NOS/c1-2-3-4-5-8-11-10(12(14)15)7-6-9-13-11/h6-7,9H,2-5,8H2,1H3,(H,14,15). The highest BCUT2D eigenvalue weighted by molar-refractivity contribution is 7.97. The summed E-state index contributed by atoms with van der Waals surface area (Å²) in [6, 6.07) is 3.57. The summed E-state index contributed by atoms with van der Waals surface area (Å²) in [5.41, 5.74) is 1.53. The van der Waals surface area contributed by atoms with Gasteiger partial charge in [0, 0.05) is 11.8 Å². The summed E-state index contributed by atoms with van der Waals surface area (Å²) in [6.45, 7) is 2.18. The van der Waals surface area contributed by atoms with E-state index in [9.17, 15) is 4.79 Å². The quantitative estimate of drug-likeness (QED) is 0.592. The molecule has 0 radical (unpaired) electrons. The normalized spacial score (nSPS) is 10.3. The van der Waals surface area contributed by atoms with Gasteiger partial charge in [-0.1, -0.05) is 26.2 Å². The topological polar surface area (TPSA) is 30.0 Å². The van der Waals surface area contributed by atoms with Crippen LogP contribution in [0.15, 0.2) is 18.3 Å². The van der Waals surface area contributed by atoms with Crippen molar-refractivity contribution in [2.45, 2.75) is 39.0 Å². The highest BCUT2D eigenvalue weighted by Crippen LogP contribution is 2.12. The molecule has 0 N–H and O–H groups in total. The lowest BCUT2D eigenvalue weighted by atomic mass is 10.1. The first-order chi connectivity index (χ1) is 7.25. The van der Waals surface area contributed by atoms with Crippen molar-refractivity contribution in [3.63, 3.8) is 0 Å². The number of carbonyl (C=O) groups is 1. The number of hydrogen-bond acceptors (Lipinski definition) is 2. The molecular formula is C12H17NOS. The number of aryl methyl sites for hydroxylation is 1. The molecule has 0 spiro atoms. The van der Waals surface area contributed by atoms with Gasteiger partial charge in [0.15, 0.2) is 0 Å². The second-order valence-corrected chi connectivity index (χ2v) is 4.02. The molecule has 0 fully saturated rings. The summed E-state index contributed by atoms with van der Waals surface area (Å²) >= 11 is 3.84. The van der Waals surface area contributed by atoms with Crippen LogP contribution < -0.4 is 0 Å². The lowest BCUT2D eigenvalue weighted by molar-refractivity contribution is 0.109. The van der Waals surface area contributed by atoms with Gasteiger partial charge in [-0.15, -0.1) is 12.6 Å². The zero-order chi connectivity index (χ0) is 11.1. The van der Waals surface area contributed by atoms with E-state index in [-0.39, 0.29) is 5.12 Å². The SMILES string of the molecule is CCCCCCc1ncccc1C(=O)S. The minimum Gasteiger partial charge on any atom is -0.282 e. The van der Waals surface area contributed by atoms with Gasteiger partial charge >= 0.3 is 0 Å². The van der Waals surface area contributed by atoms with Crippen molar-refractivity contribution in [3.8, 4) is 0 Å². The molecule has 15 heavy (non-hydrogen) atoms. The van der Waals surface area contributed by atoms with E-state index in [4.69, 9.17) is 0 Å². The fraction of sp³-hybridized carbons (Fsp3) is 0.500. The molecule has 1 aromatic heterocycles. The lowest BCUT2D eigenvalue weighted by Crippen LogP contribution is -2.00. The molecule has 1 aromatic rings. The second kappa shape index (κ2) is 6.62. The predicted molar refractivity (Wildman–Crippen MR) is 65.4 cm³/mol. The number of hydrogen-bond donors (Lipinski definition) is 1. The van der Waals surface area contributed by atoms with E-state index in [1.54, 1.807) is 18.3 Å². The zero-order valence-corrected chi connectivity index (χ0v) is 9.96. The van der Waals surface area contributed by atoms with Crippen molar-refractivity contribution in [2.75, 3.05) is 0 Å². The Balaban J connectivity index is 2.56. The number of carbonyl (C=O) groups excluding carboxylic acids is 1. The van der Waals surface area contributed by atoms with Gasteiger partial charge in [0.25, 0.3) is 0 Å². The summed E-state index contributed by atoms with van der Waals surface area (Å²) in [6.07, 6.45) is 7.38. The fourth-order valence-electron chi connectivity index (χ4n) is 1.55. The molecule has 3 heteroatoms. The van der Waals surface area contributed by atoms with E-state index in [1.165, 1.54) is 19.3 Å². The van der Waals surface area contributed by atoms with E-state index >= 15 is 0 Å². The third-order valence-corrected chi connectivity index (χ3v) is 2.63. The van der Waals surface area contributed by atoms with Crippen LogP contribution in [0.3, 0.4) is 0 Å². The average Bonchev–Trinajstić information content (AvgIpc) is 2.25. The van der Waals surface area contributed by atoms with Crippen LogP contribution in [-0.2, 0) is 6.42 Å². The lowest BCUT2D eigenvalue weighted by Gasteiger charge is -2.04. The van der Waals surface area contributed by atoms with Gasteiger partial charge in [-0.2, -0.15) is 0 Å². The molecule has 0 aliphatic carbocycles. The van der Waals surface area contributed by atoms with Crippen molar-refractivity contribution >= 4 is 17.7 Å². The van der Waals surface area contributed by atoms with E-state index in [0.29, 0.717) is 5.56 Å². The maximum atomic E-state index is 11.2. The molecule has 0 aliphatic heterocycles. The van der Waals surface area contributed by atoms with Crippen LogP contribution >= 0.6 is 12.6 Å². The number of pyridine rings is 1. The Hall–Kier alpha value is -0.830. The third kappa shape index (κ3) is 4.04. The van der Waals surface area contributed by atoms with Crippen molar-refractivity contribution in [3.05, 3.63) is 29.6 Å². The van der Waals surface area contributed by atoms with Crippen LogP contribution in [0, 0.1) is 0 Å². The smallest absolute Gasteiger partial charge is 0.218 e. The number of rotatable bonds is 6. The Morgan fingerprint density at radius 2 is 2.20 bits per heavy atom. The van der Waals surface area contributed by atoms with Crippen molar-refractivity contribution < 1.29 is 4.79 Å². The van der Waals surface area contributed by atoms with Crippen molar-refractivity contribution in [1.82, 2.24) is 4.98 Å². The Morgan fingerprint density at radius 1 is 1.40 bits per heavy atom. The maximum Gasteiger partial charge on any atom is 0.218 e. The van der Waals surface area contributed by atoms with Crippen LogP contribution in [0.2, 0.25) is 0 Å². The number of unbranched alkanes of at least 4 members (excludes halogenated alkanes) is 3. The van der Waals surface area contributed by atoms with Crippen LogP contribution in [0.5, 0.6) is 0 Å². The van der Waals surface area contributed by atoms with Gasteiger partial charge in [-0.25, -0.2) is 0 Å². The number of nitrogens with zero attached hydrogens (tertiary/aromatic N) is 1. The minimum absolute atomic E-state index is 0.186. The predicted octanol–water partition coefficient (Wildman–Crippen LogP) is 3.27. The molecule has 1 rings (SSSR count). The van der Waals surface area contributed by atoms with Gasteiger partial charge in [0.1, 0.15) is 0 Å². The third-order valence-electron chi connectivity index (χ3n) is 2.39. The van der Waals surface area contributed by atoms with Gasteiger partial charge in [-0.05, 0) is 25.0 Å². The summed E-state index contributed by atoms with van der Waals surface area (Å²) in [5.74, 6) is 0. The largest absolute Gasteiger partial charge is 0.282 e. The van der Waals surface area contributed by atoms with Gasteiger partial charge in [0.05, 0.1) is 5.69 Å². The van der Waals surface area contributed by atoms with Gasteiger partial charge < -0.3 is 0 Å². The summed E-state index contributed by atoms with van der Waals surface area (Å²) in [4.78, 5) is 15.4. The molecule has 0 aromatic carbocycles. The molecule has 0 bridgehead atoms. The summed E-state index contributed by atoms with van der Waals surface area (Å²) < 4.78 is 0. The maximum absolute atomic E-state index is 11.2. The molecule has 0 saturated carbocycles. The summed E-state index contributed by atoms with van der Waals surface area (Å²) in [5, 5.41) is -0.186. The molecule has 1 heterocycles. The highest BCUT2D eigenvalue weighted by atomic mass is 32.1. The molecule has 0 amide bonds. The number of aromatic nitrogens is 1. The monoisotopic (exact) mass is 223 g/mol. The molecule has 0 unspecified atom stereocenters. The van der Waals surface area contributed by atoms with E-state index in [1.807, 2.05) is 0 Å². The van der Waals surface area contributed by atoms with E-state index < -0.39 is 0 Å². The molecule has 0 aliphatic rings. The minimum atomic E-state index is -0.186. The molecule has 2 nitrogen and oxygen atoms in total.